The van der Waals surface area contributed by atoms with Crippen LogP contribution in [-0.4, -0.2) is 12.1 Å². The number of anilines is 1. The molecule has 0 aliphatic carbocycles. The van der Waals surface area contributed by atoms with Crippen molar-refractivity contribution in [2.45, 2.75) is 32.7 Å². The lowest BCUT2D eigenvalue weighted by Gasteiger charge is -2.14. The predicted octanol–water partition coefficient (Wildman–Crippen LogP) is 3.79. The first kappa shape index (κ1) is 13.8. The molecule has 0 aromatic heterocycles. The fourth-order valence-corrected chi connectivity index (χ4v) is 1.69. The van der Waals surface area contributed by atoms with Crippen LogP contribution in [0.5, 0.6) is 0 Å². The Labute approximate surface area is 105 Å². The van der Waals surface area contributed by atoms with Crippen molar-refractivity contribution in [1.29, 1.82) is 0 Å². The number of halogens is 2. The summed E-state index contributed by atoms with van der Waals surface area (Å²) < 4.78 is 12.8. The fraction of sp³-hybridized carbons (Fsp3) is 0.417. The Balaban J connectivity index is 2.56. The third-order valence-electron chi connectivity index (χ3n) is 2.28. The molecule has 0 spiro atoms. The molecule has 0 saturated carbocycles. The summed E-state index contributed by atoms with van der Waals surface area (Å²) in [4.78, 5) is 11.6. The van der Waals surface area contributed by atoms with Crippen molar-refractivity contribution < 1.29 is 9.18 Å². The van der Waals surface area contributed by atoms with Gasteiger partial charge in [0.25, 0.3) is 0 Å². The van der Waals surface area contributed by atoms with Gasteiger partial charge in [-0.15, -0.1) is 0 Å². The predicted molar refractivity (Wildman–Crippen MR) is 67.9 cm³/mol. The van der Waals surface area contributed by atoms with Gasteiger partial charge >= 0.3 is 6.03 Å². The largest absolute Gasteiger partial charge is 0.335 e. The third kappa shape index (κ3) is 4.61. The number of amides is 2. The van der Waals surface area contributed by atoms with Gasteiger partial charge in [-0.25, -0.2) is 9.18 Å². The van der Waals surface area contributed by atoms with Crippen molar-refractivity contribution >= 4 is 23.3 Å². The highest BCUT2D eigenvalue weighted by Gasteiger charge is 2.08. The molecule has 2 N–H and O–H groups in total. The molecule has 17 heavy (non-hydrogen) atoms. The maximum atomic E-state index is 12.8. The number of hydrogen-bond donors (Lipinski definition) is 2. The summed E-state index contributed by atoms with van der Waals surface area (Å²) >= 11 is 5.79. The highest BCUT2D eigenvalue weighted by molar-refractivity contribution is 6.33. The molecule has 1 unspecified atom stereocenters. The first-order chi connectivity index (χ1) is 8.02. The highest BCUT2D eigenvalue weighted by atomic mass is 35.5. The van der Waals surface area contributed by atoms with Crippen LogP contribution in [0, 0.1) is 5.82 Å². The van der Waals surface area contributed by atoms with Crippen LogP contribution in [0.3, 0.4) is 0 Å². The van der Waals surface area contributed by atoms with Crippen LogP contribution in [0.1, 0.15) is 26.7 Å². The number of rotatable bonds is 4. The smallest absolute Gasteiger partial charge is 0.319 e. The van der Waals surface area contributed by atoms with Crippen LogP contribution in [0.2, 0.25) is 5.02 Å². The molecule has 0 saturated heterocycles. The van der Waals surface area contributed by atoms with Gasteiger partial charge in [-0.3, -0.25) is 0 Å². The normalized spacial score (nSPS) is 12.0. The van der Waals surface area contributed by atoms with Crippen LogP contribution >= 0.6 is 11.6 Å². The Kier molecular flexibility index (Phi) is 5.22. The number of nitrogens with one attached hydrogen (secondary N) is 2. The van der Waals surface area contributed by atoms with Crippen molar-refractivity contribution in [1.82, 2.24) is 5.32 Å². The van der Waals surface area contributed by atoms with Crippen molar-refractivity contribution in [2.75, 3.05) is 5.32 Å². The molecule has 1 aromatic rings. The average molecular weight is 259 g/mol. The Morgan fingerprint density at radius 1 is 1.53 bits per heavy atom. The molecule has 1 atom stereocenters. The zero-order valence-corrected chi connectivity index (χ0v) is 10.6. The Morgan fingerprint density at radius 3 is 2.82 bits per heavy atom. The number of carbonyl (C=O) groups excluding carboxylic acids is 1. The second-order valence-electron chi connectivity index (χ2n) is 3.91. The molecule has 1 rings (SSSR count). The molecule has 0 fully saturated rings. The van der Waals surface area contributed by atoms with Crippen LogP contribution in [-0.2, 0) is 0 Å². The van der Waals surface area contributed by atoms with Crippen LogP contribution in [0.15, 0.2) is 18.2 Å². The lowest BCUT2D eigenvalue weighted by atomic mass is 10.2. The van der Waals surface area contributed by atoms with Gasteiger partial charge in [-0.05, 0) is 31.5 Å². The van der Waals surface area contributed by atoms with E-state index in [1.54, 1.807) is 0 Å². The molecule has 5 heteroatoms. The van der Waals surface area contributed by atoms with E-state index in [1.807, 2.05) is 13.8 Å². The lowest BCUT2D eigenvalue weighted by Crippen LogP contribution is -2.36. The van der Waals surface area contributed by atoms with Gasteiger partial charge in [0.05, 0.1) is 10.7 Å². The van der Waals surface area contributed by atoms with Gasteiger partial charge in [0.1, 0.15) is 5.82 Å². The Hall–Kier alpha value is -1.29. The van der Waals surface area contributed by atoms with E-state index < -0.39 is 5.82 Å². The molecule has 94 valence electrons. The highest BCUT2D eigenvalue weighted by Crippen LogP contribution is 2.22. The van der Waals surface area contributed by atoms with E-state index >= 15 is 0 Å². The number of hydrogen-bond acceptors (Lipinski definition) is 1. The molecule has 0 radical (unpaired) electrons. The Morgan fingerprint density at radius 2 is 2.24 bits per heavy atom. The standard InChI is InChI=1S/C12H16ClFN2O/c1-3-4-8(2)15-12(17)16-11-6-5-9(14)7-10(11)13/h5-8H,3-4H2,1-2H3,(H2,15,16,17). The van der Waals surface area contributed by atoms with Gasteiger partial charge in [0.2, 0.25) is 0 Å². The van der Waals surface area contributed by atoms with Crippen LogP contribution < -0.4 is 10.6 Å². The van der Waals surface area contributed by atoms with E-state index in [-0.39, 0.29) is 17.1 Å². The maximum absolute atomic E-state index is 12.8. The van der Waals surface area contributed by atoms with E-state index in [9.17, 15) is 9.18 Å². The average Bonchev–Trinajstić information content (AvgIpc) is 2.22. The number of carbonyl (C=O) groups is 1. The van der Waals surface area contributed by atoms with E-state index in [1.165, 1.54) is 12.1 Å². The minimum Gasteiger partial charge on any atom is -0.335 e. The maximum Gasteiger partial charge on any atom is 0.319 e. The zero-order chi connectivity index (χ0) is 12.8. The lowest BCUT2D eigenvalue weighted by molar-refractivity contribution is 0.248. The van der Waals surface area contributed by atoms with E-state index in [0.29, 0.717) is 5.69 Å². The second-order valence-corrected chi connectivity index (χ2v) is 4.32. The van der Waals surface area contributed by atoms with Gasteiger partial charge in [-0.1, -0.05) is 24.9 Å². The van der Waals surface area contributed by atoms with Crippen molar-refractivity contribution in [3.05, 3.63) is 29.0 Å². The minimum atomic E-state index is -0.430. The molecule has 3 nitrogen and oxygen atoms in total. The van der Waals surface area contributed by atoms with Crippen molar-refractivity contribution in [3.63, 3.8) is 0 Å². The summed E-state index contributed by atoms with van der Waals surface area (Å²) in [6.07, 6.45) is 1.91. The monoisotopic (exact) mass is 258 g/mol. The topological polar surface area (TPSA) is 41.1 Å². The van der Waals surface area contributed by atoms with Crippen molar-refractivity contribution in [3.8, 4) is 0 Å². The molecule has 2 amide bonds. The summed E-state index contributed by atoms with van der Waals surface area (Å²) in [7, 11) is 0. The summed E-state index contributed by atoms with van der Waals surface area (Å²) in [6.45, 7) is 3.97. The SMILES string of the molecule is CCCC(C)NC(=O)Nc1ccc(F)cc1Cl. The van der Waals surface area contributed by atoms with Crippen LogP contribution in [0.4, 0.5) is 14.9 Å². The first-order valence-electron chi connectivity index (χ1n) is 5.55. The van der Waals surface area contributed by atoms with E-state index in [2.05, 4.69) is 10.6 Å². The summed E-state index contributed by atoms with van der Waals surface area (Å²) in [6, 6.07) is 3.60. The van der Waals surface area contributed by atoms with Gasteiger partial charge in [0, 0.05) is 6.04 Å². The molecular formula is C12H16ClFN2O. The summed E-state index contributed by atoms with van der Waals surface area (Å²) in [5, 5.41) is 5.53. The van der Waals surface area contributed by atoms with Crippen LogP contribution in [0.25, 0.3) is 0 Å². The zero-order valence-electron chi connectivity index (χ0n) is 9.89. The first-order valence-corrected chi connectivity index (χ1v) is 5.93. The second kappa shape index (κ2) is 6.45. The number of benzene rings is 1. The van der Waals surface area contributed by atoms with E-state index in [0.717, 1.165) is 18.9 Å². The summed E-state index contributed by atoms with van der Waals surface area (Å²) in [5.41, 5.74) is 0.397. The molecule has 0 bridgehead atoms. The number of urea groups is 1. The molecule has 0 aliphatic rings. The van der Waals surface area contributed by atoms with Gasteiger partial charge < -0.3 is 10.6 Å². The molecule has 0 aliphatic heterocycles. The summed E-state index contributed by atoms with van der Waals surface area (Å²) in [5.74, 6) is -0.430. The quantitative estimate of drug-likeness (QED) is 0.848. The molecule has 1 aromatic carbocycles. The molecule has 0 heterocycles. The van der Waals surface area contributed by atoms with Crippen molar-refractivity contribution in [2.24, 2.45) is 0 Å². The molecular weight excluding hydrogens is 243 g/mol. The van der Waals surface area contributed by atoms with Gasteiger partial charge in [-0.2, -0.15) is 0 Å². The van der Waals surface area contributed by atoms with E-state index in [4.69, 9.17) is 11.6 Å². The minimum absolute atomic E-state index is 0.0965. The Bertz CT molecular complexity index is 398. The third-order valence-corrected chi connectivity index (χ3v) is 2.59. The van der Waals surface area contributed by atoms with Gasteiger partial charge in [0.15, 0.2) is 0 Å². The fourth-order valence-electron chi connectivity index (χ4n) is 1.48.